The molecule has 2 rings (SSSR count). The third-order valence-electron chi connectivity index (χ3n) is 4.45. The van der Waals surface area contributed by atoms with E-state index in [9.17, 15) is 4.79 Å². The Kier molecular flexibility index (Phi) is 6.45. The van der Waals surface area contributed by atoms with Crippen molar-refractivity contribution in [3.63, 3.8) is 0 Å². The van der Waals surface area contributed by atoms with Crippen molar-refractivity contribution in [3.8, 4) is 17.2 Å². The van der Waals surface area contributed by atoms with E-state index in [2.05, 4.69) is 32.9 Å². The molecule has 0 aliphatic heterocycles. The zero-order valence-electron chi connectivity index (χ0n) is 15.4. The van der Waals surface area contributed by atoms with Gasteiger partial charge in [0, 0.05) is 5.56 Å². The van der Waals surface area contributed by atoms with Gasteiger partial charge in [-0.05, 0) is 47.7 Å². The average Bonchev–Trinajstić information content (AvgIpc) is 2.65. The normalized spacial score (nSPS) is 11.0. The number of methoxy groups -OCH3 is 1. The first-order chi connectivity index (χ1) is 12.0. The van der Waals surface area contributed by atoms with E-state index in [1.165, 1.54) is 5.56 Å². The van der Waals surface area contributed by atoms with Crippen molar-refractivity contribution in [2.24, 2.45) is 0 Å². The van der Waals surface area contributed by atoms with Gasteiger partial charge in [0.2, 0.25) is 0 Å². The molecule has 0 atom stereocenters. The number of carbonyl (C=O) groups is 1. The molecule has 0 aliphatic carbocycles. The van der Waals surface area contributed by atoms with E-state index in [0.717, 1.165) is 18.5 Å². The van der Waals surface area contributed by atoms with E-state index in [1.54, 1.807) is 25.3 Å². The molecule has 0 saturated heterocycles. The lowest BCUT2D eigenvalue weighted by Gasteiger charge is -2.23. The molecule has 2 aromatic carbocycles. The Morgan fingerprint density at radius 1 is 0.960 bits per heavy atom. The Morgan fingerprint density at radius 3 is 2.24 bits per heavy atom. The zero-order valence-corrected chi connectivity index (χ0v) is 15.4. The minimum atomic E-state index is 0.168. The fourth-order valence-electron chi connectivity index (χ4n) is 2.40. The van der Waals surface area contributed by atoms with Crippen LogP contribution >= 0.6 is 0 Å². The molecule has 0 aromatic heterocycles. The van der Waals surface area contributed by atoms with Crippen LogP contribution in [0.15, 0.2) is 42.5 Å². The Bertz CT molecular complexity index is 690. The summed E-state index contributed by atoms with van der Waals surface area (Å²) >= 11 is 0. The van der Waals surface area contributed by atoms with E-state index in [4.69, 9.17) is 14.2 Å². The first kappa shape index (κ1) is 18.8. The van der Waals surface area contributed by atoms with Gasteiger partial charge in [-0.2, -0.15) is 0 Å². The lowest BCUT2D eigenvalue weighted by atomic mass is 9.82. The molecule has 0 unspecified atom stereocenters. The summed E-state index contributed by atoms with van der Waals surface area (Å²) in [5.41, 5.74) is 2.02. The lowest BCUT2D eigenvalue weighted by molar-refractivity contribution is 0.112. The van der Waals surface area contributed by atoms with Crippen LogP contribution in [0.2, 0.25) is 0 Å². The molecule has 0 amide bonds. The van der Waals surface area contributed by atoms with Crippen LogP contribution in [0.1, 0.15) is 43.1 Å². The zero-order chi connectivity index (χ0) is 18.3. The first-order valence-electron chi connectivity index (χ1n) is 8.49. The highest BCUT2D eigenvalue weighted by molar-refractivity contribution is 5.76. The Hall–Kier alpha value is -2.49. The van der Waals surface area contributed by atoms with Crippen LogP contribution in [0, 0.1) is 0 Å². The number of benzene rings is 2. The third-order valence-corrected chi connectivity index (χ3v) is 4.45. The van der Waals surface area contributed by atoms with Gasteiger partial charge in [-0.15, -0.1) is 0 Å². The number of ether oxygens (including phenoxy) is 3. The standard InChI is InChI=1S/C21H26O4/c1-5-21(2,3)17-7-9-18(10-8-17)24-12-13-25-20-14-16(15-22)6-11-19(20)23-4/h6-11,14-15H,5,12-13H2,1-4H3. The Morgan fingerprint density at radius 2 is 1.64 bits per heavy atom. The smallest absolute Gasteiger partial charge is 0.162 e. The van der Waals surface area contributed by atoms with Crippen LogP contribution in [0.25, 0.3) is 0 Å². The lowest BCUT2D eigenvalue weighted by Crippen LogP contribution is -2.15. The summed E-state index contributed by atoms with van der Waals surface area (Å²) in [7, 11) is 1.57. The van der Waals surface area contributed by atoms with Crippen LogP contribution in [-0.4, -0.2) is 26.6 Å². The maximum absolute atomic E-state index is 10.9. The summed E-state index contributed by atoms with van der Waals surface area (Å²) < 4.78 is 16.6. The second-order valence-electron chi connectivity index (χ2n) is 6.49. The van der Waals surface area contributed by atoms with Gasteiger partial charge < -0.3 is 14.2 Å². The molecule has 0 bridgehead atoms. The Balaban J connectivity index is 1.88. The van der Waals surface area contributed by atoms with Gasteiger partial charge in [-0.3, -0.25) is 4.79 Å². The van der Waals surface area contributed by atoms with Gasteiger partial charge in [-0.1, -0.05) is 32.9 Å². The summed E-state index contributed by atoms with van der Waals surface area (Å²) in [6.07, 6.45) is 1.87. The largest absolute Gasteiger partial charge is 0.493 e. The van der Waals surface area contributed by atoms with E-state index < -0.39 is 0 Å². The molecule has 0 saturated carbocycles. The highest BCUT2D eigenvalue weighted by Gasteiger charge is 2.17. The van der Waals surface area contributed by atoms with Crippen LogP contribution in [-0.2, 0) is 5.41 Å². The minimum absolute atomic E-state index is 0.168. The SMILES string of the molecule is CCC(C)(C)c1ccc(OCCOc2cc(C=O)ccc2OC)cc1. The third kappa shape index (κ3) is 4.99. The molecule has 0 radical (unpaired) electrons. The Labute approximate surface area is 149 Å². The second kappa shape index (κ2) is 8.56. The van der Waals surface area contributed by atoms with Crippen molar-refractivity contribution in [2.45, 2.75) is 32.6 Å². The predicted molar refractivity (Wildman–Crippen MR) is 99.1 cm³/mol. The summed E-state index contributed by atoms with van der Waals surface area (Å²) in [4.78, 5) is 10.9. The van der Waals surface area contributed by atoms with Gasteiger partial charge >= 0.3 is 0 Å². The van der Waals surface area contributed by atoms with Crippen LogP contribution in [0.4, 0.5) is 0 Å². The molecule has 0 aliphatic rings. The first-order valence-corrected chi connectivity index (χ1v) is 8.49. The quantitative estimate of drug-likeness (QED) is 0.491. The fraction of sp³-hybridized carbons (Fsp3) is 0.381. The van der Waals surface area contributed by atoms with Gasteiger partial charge in [0.15, 0.2) is 11.5 Å². The topological polar surface area (TPSA) is 44.8 Å². The molecule has 0 spiro atoms. The number of rotatable bonds is 9. The van der Waals surface area contributed by atoms with Crippen molar-refractivity contribution in [1.82, 2.24) is 0 Å². The maximum atomic E-state index is 10.9. The molecular formula is C21H26O4. The van der Waals surface area contributed by atoms with Crippen molar-refractivity contribution < 1.29 is 19.0 Å². The van der Waals surface area contributed by atoms with E-state index >= 15 is 0 Å². The van der Waals surface area contributed by atoms with Gasteiger partial charge in [0.1, 0.15) is 25.2 Å². The fourth-order valence-corrected chi connectivity index (χ4v) is 2.40. The van der Waals surface area contributed by atoms with Crippen LogP contribution in [0.3, 0.4) is 0 Å². The molecule has 4 nitrogen and oxygen atoms in total. The van der Waals surface area contributed by atoms with E-state index in [1.807, 2.05) is 12.1 Å². The van der Waals surface area contributed by atoms with Crippen LogP contribution < -0.4 is 14.2 Å². The molecule has 0 fully saturated rings. The highest BCUT2D eigenvalue weighted by Crippen LogP contribution is 2.29. The summed E-state index contributed by atoms with van der Waals surface area (Å²) in [5, 5.41) is 0. The highest BCUT2D eigenvalue weighted by atomic mass is 16.5. The molecule has 134 valence electrons. The minimum Gasteiger partial charge on any atom is -0.493 e. The van der Waals surface area contributed by atoms with Gasteiger partial charge in [0.05, 0.1) is 7.11 Å². The number of carbonyl (C=O) groups excluding carboxylic acids is 1. The number of hydrogen-bond donors (Lipinski definition) is 0. The van der Waals surface area contributed by atoms with Gasteiger partial charge in [-0.25, -0.2) is 0 Å². The van der Waals surface area contributed by atoms with Crippen molar-refractivity contribution >= 4 is 6.29 Å². The monoisotopic (exact) mass is 342 g/mol. The van der Waals surface area contributed by atoms with Crippen LogP contribution in [0.5, 0.6) is 17.2 Å². The molecule has 4 heteroatoms. The molecular weight excluding hydrogens is 316 g/mol. The average molecular weight is 342 g/mol. The van der Waals surface area contributed by atoms with Crippen molar-refractivity contribution in [3.05, 3.63) is 53.6 Å². The van der Waals surface area contributed by atoms with E-state index in [0.29, 0.717) is 30.3 Å². The number of aldehydes is 1. The number of hydrogen-bond acceptors (Lipinski definition) is 4. The molecule has 0 N–H and O–H groups in total. The summed E-state index contributed by atoms with van der Waals surface area (Å²) in [5.74, 6) is 1.94. The van der Waals surface area contributed by atoms with Crippen molar-refractivity contribution in [2.75, 3.05) is 20.3 Å². The van der Waals surface area contributed by atoms with Crippen molar-refractivity contribution in [1.29, 1.82) is 0 Å². The molecule has 0 heterocycles. The summed E-state index contributed by atoms with van der Waals surface area (Å²) in [6, 6.07) is 13.3. The molecule has 25 heavy (non-hydrogen) atoms. The maximum Gasteiger partial charge on any atom is 0.162 e. The molecule has 2 aromatic rings. The van der Waals surface area contributed by atoms with Gasteiger partial charge in [0.25, 0.3) is 0 Å². The second-order valence-corrected chi connectivity index (χ2v) is 6.49. The van der Waals surface area contributed by atoms with E-state index in [-0.39, 0.29) is 5.41 Å². The summed E-state index contributed by atoms with van der Waals surface area (Å²) in [6.45, 7) is 7.43. The predicted octanol–water partition coefficient (Wildman–Crippen LogP) is 4.65.